The van der Waals surface area contributed by atoms with Crippen LogP contribution >= 0.6 is 0 Å². The molecule has 2 radical (unpaired) electrons. The van der Waals surface area contributed by atoms with Crippen LogP contribution in [0.25, 0.3) is 0 Å². The molecule has 0 amide bonds. The molecule has 5 heavy (non-hydrogen) atoms. The number of hydrogen-bond acceptors (Lipinski definition) is 0. The van der Waals surface area contributed by atoms with Crippen molar-refractivity contribution in [2.24, 2.45) is 0 Å². The fourth-order valence-electron chi connectivity index (χ4n) is 0. The van der Waals surface area contributed by atoms with Crippen LogP contribution in [-0.4, -0.2) is 18.8 Å². The average molecular weight is 69.8 g/mol. The molecule has 0 aromatic heterocycles. The quantitative estimate of drug-likeness (QED) is 0.259. The predicted molar refractivity (Wildman–Crippen MR) is 20.0 cm³/mol. The molecule has 0 unspecified atom stereocenters. The average Bonchev–Trinajstić information content (AvgIpc) is 1.00. The third-order valence-corrected chi connectivity index (χ3v) is 0. The van der Waals surface area contributed by atoms with Gasteiger partial charge in [0.15, 0.2) is 0 Å². The summed E-state index contributed by atoms with van der Waals surface area (Å²) in [6, 6.07) is 0. The largest absolute Gasteiger partial charge is 1.00 e. The third kappa shape index (κ3) is 90.1. The maximum Gasteiger partial charge on any atom is 1.00 e. The van der Waals surface area contributed by atoms with Crippen LogP contribution in [0.1, 0.15) is 1.43 Å². The van der Waals surface area contributed by atoms with E-state index in [-0.39, 0.29) is 31.2 Å². The molecule has 0 aliphatic carbocycles. The van der Waals surface area contributed by atoms with E-state index in [9.17, 15) is 0 Å². The van der Waals surface area contributed by atoms with Gasteiger partial charge in [-0.1, -0.05) is 6.82 Å². The summed E-state index contributed by atoms with van der Waals surface area (Å²) in [6.07, 6.45) is 0. The van der Waals surface area contributed by atoms with E-state index < -0.39 is 0 Å². The van der Waals surface area contributed by atoms with Crippen molar-refractivity contribution in [3.05, 3.63) is 0 Å². The van der Waals surface area contributed by atoms with Crippen molar-refractivity contribution in [3.63, 3.8) is 0 Å². The molecular weight excluding hydrogens is 61.8 g/mol. The van der Waals surface area contributed by atoms with Crippen molar-refractivity contribution in [1.82, 2.24) is 0 Å². The molecule has 4 N–H and O–H groups in total. The van der Waals surface area contributed by atoms with Gasteiger partial charge in [-0.2, -0.15) is 0 Å². The Kier molecular flexibility index (Phi) is 1620. The zero-order chi connectivity index (χ0) is 2.00. The summed E-state index contributed by atoms with van der Waals surface area (Å²) >= 11 is 0. The van der Waals surface area contributed by atoms with E-state index in [2.05, 4.69) is 7.85 Å². The first-order valence-corrected chi connectivity index (χ1v) is 0.577. The molecule has 0 saturated heterocycles. The zero-order valence-electron chi connectivity index (χ0n) is 4.58. The fourth-order valence-corrected chi connectivity index (χ4v) is 0. The summed E-state index contributed by atoms with van der Waals surface area (Å²) in [5.74, 6) is 0. The summed E-state index contributed by atoms with van der Waals surface area (Å²) < 4.78 is 0. The van der Waals surface area contributed by atoms with Gasteiger partial charge in [-0.15, -0.1) is 0 Å². The van der Waals surface area contributed by atoms with E-state index >= 15 is 0 Å². The summed E-state index contributed by atoms with van der Waals surface area (Å²) in [4.78, 5) is 0. The van der Waals surface area contributed by atoms with Crippen molar-refractivity contribution in [2.75, 3.05) is 0 Å². The molecule has 28 valence electrons. The van der Waals surface area contributed by atoms with Crippen LogP contribution in [0.5, 0.6) is 0 Å². The number of hydrogen-bond donors (Lipinski definition) is 0. The summed E-state index contributed by atoms with van der Waals surface area (Å²) in [6.45, 7) is 1.50. The fraction of sp³-hybridized carbons (Fsp3) is 1.00. The van der Waals surface area contributed by atoms with E-state index in [0.29, 0.717) is 0 Å². The van der Waals surface area contributed by atoms with Gasteiger partial charge in [-0.3, -0.25) is 0 Å². The molecule has 0 rings (SSSR count). The molecule has 0 atom stereocenters. The summed E-state index contributed by atoms with van der Waals surface area (Å²) in [7, 11) is 4.50. The molecular formula is CH8BLiO2. The van der Waals surface area contributed by atoms with Gasteiger partial charge >= 0.3 is 18.9 Å². The van der Waals surface area contributed by atoms with Gasteiger partial charge in [0.05, 0.1) is 7.85 Å². The molecule has 0 aromatic rings. The summed E-state index contributed by atoms with van der Waals surface area (Å²) in [5, 5.41) is 0. The molecule has 0 aliphatic heterocycles. The first kappa shape index (κ1) is 46.8. The molecule has 2 nitrogen and oxygen atoms in total. The predicted octanol–water partition coefficient (Wildman–Crippen LogP) is -4.33. The molecule has 0 saturated carbocycles. The third-order valence-electron chi connectivity index (χ3n) is 0. The molecule has 0 aromatic carbocycles. The Hall–Kier alpha value is 0.582. The Balaban J connectivity index is -0.000000000833. The van der Waals surface area contributed by atoms with Gasteiger partial charge in [0, 0.05) is 0 Å². The maximum atomic E-state index is 4.50. The minimum Gasteiger partial charge on any atom is -1.00 e. The molecule has 0 spiro atoms. The van der Waals surface area contributed by atoms with Crippen LogP contribution in [0.4, 0.5) is 0 Å². The maximum absolute atomic E-state index is 4.50. The second-order valence-corrected chi connectivity index (χ2v) is 0. The van der Waals surface area contributed by atoms with E-state index in [4.69, 9.17) is 0 Å². The summed E-state index contributed by atoms with van der Waals surface area (Å²) in [5.41, 5.74) is 0. The van der Waals surface area contributed by atoms with Crippen LogP contribution in [0.2, 0.25) is 6.82 Å². The SMILES string of the molecule is O.O.[B]C.[H-].[Li+]. The van der Waals surface area contributed by atoms with Gasteiger partial charge in [0.2, 0.25) is 0 Å². The molecule has 0 aliphatic rings. The second-order valence-electron chi connectivity index (χ2n) is 0. The van der Waals surface area contributed by atoms with E-state index in [0.717, 1.165) is 0 Å². The van der Waals surface area contributed by atoms with Crippen LogP contribution in [0, 0.1) is 0 Å². The second kappa shape index (κ2) is 173. The number of rotatable bonds is 0. The molecule has 4 heteroatoms. The van der Waals surface area contributed by atoms with Gasteiger partial charge in [-0.25, -0.2) is 0 Å². The van der Waals surface area contributed by atoms with Gasteiger partial charge in [0.25, 0.3) is 0 Å². The van der Waals surface area contributed by atoms with Gasteiger partial charge in [-0.05, 0) is 0 Å². The van der Waals surface area contributed by atoms with Crippen molar-refractivity contribution >= 4 is 7.85 Å². The topological polar surface area (TPSA) is 63.0 Å². The first-order chi connectivity index (χ1) is 1.00. The Morgan fingerprint density at radius 2 is 1.20 bits per heavy atom. The van der Waals surface area contributed by atoms with Crippen LogP contribution in [0.15, 0.2) is 0 Å². The Morgan fingerprint density at radius 1 is 1.20 bits per heavy atom. The monoisotopic (exact) mass is 70.1 g/mol. The van der Waals surface area contributed by atoms with E-state index in [1.54, 1.807) is 0 Å². The zero-order valence-corrected chi connectivity index (χ0v) is 3.58. The Bertz CT molecular complexity index is 13.5. The minimum atomic E-state index is 0. The smallest absolute Gasteiger partial charge is 1.00 e. The van der Waals surface area contributed by atoms with Crippen molar-refractivity contribution in [3.8, 4) is 0 Å². The van der Waals surface area contributed by atoms with Crippen molar-refractivity contribution in [2.45, 2.75) is 6.82 Å². The van der Waals surface area contributed by atoms with Crippen LogP contribution < -0.4 is 18.9 Å². The Morgan fingerprint density at radius 3 is 1.20 bits per heavy atom. The normalized spacial score (nSPS) is 1.00. The minimum absolute atomic E-state index is 0. The van der Waals surface area contributed by atoms with Gasteiger partial charge in [0.1, 0.15) is 0 Å². The standard InChI is InChI=1S/CH3B.Li.2H2O.H/c1-2;;;;/h1H3;;2*1H2;/q;+1;;;-1. The van der Waals surface area contributed by atoms with Crippen molar-refractivity contribution in [1.29, 1.82) is 0 Å². The van der Waals surface area contributed by atoms with Gasteiger partial charge < -0.3 is 12.4 Å². The molecule has 0 bridgehead atoms. The van der Waals surface area contributed by atoms with Crippen molar-refractivity contribution < 1.29 is 31.2 Å². The van der Waals surface area contributed by atoms with Crippen LogP contribution in [-0.2, 0) is 0 Å². The van der Waals surface area contributed by atoms with Crippen LogP contribution in [0.3, 0.4) is 0 Å². The molecule has 0 fully saturated rings. The first-order valence-electron chi connectivity index (χ1n) is 0.577. The molecule has 0 heterocycles. The van der Waals surface area contributed by atoms with E-state index in [1.165, 1.54) is 6.82 Å². The Labute approximate surface area is 46.6 Å². The van der Waals surface area contributed by atoms with E-state index in [1.807, 2.05) is 0 Å².